The summed E-state index contributed by atoms with van der Waals surface area (Å²) in [5, 5.41) is 3.62. The molecule has 2 fully saturated rings. The highest BCUT2D eigenvalue weighted by Gasteiger charge is 2.23. The Balaban J connectivity index is 1.69. The predicted molar refractivity (Wildman–Crippen MR) is 80.2 cm³/mol. The molecule has 0 atom stereocenters. The molecule has 1 amide bonds. The summed E-state index contributed by atoms with van der Waals surface area (Å²) in [5.74, 6) is 0. The van der Waals surface area contributed by atoms with Crippen LogP contribution < -0.4 is 10.2 Å². The maximum absolute atomic E-state index is 11.6. The van der Waals surface area contributed by atoms with Crippen LogP contribution in [0.4, 0.5) is 16.2 Å². The van der Waals surface area contributed by atoms with E-state index in [1.165, 1.54) is 38.5 Å². The molecule has 1 saturated carbocycles. The van der Waals surface area contributed by atoms with Gasteiger partial charge in [-0.2, -0.15) is 0 Å². The number of carbonyl (C=O) groups excluding carboxylic acids is 1. The number of carbonyl (C=O) groups is 1. The van der Waals surface area contributed by atoms with Crippen LogP contribution in [0.3, 0.4) is 0 Å². The molecule has 4 heteroatoms. The van der Waals surface area contributed by atoms with Crippen molar-refractivity contribution in [2.45, 2.75) is 44.6 Å². The van der Waals surface area contributed by atoms with E-state index in [0.717, 1.165) is 11.4 Å². The van der Waals surface area contributed by atoms with Gasteiger partial charge < -0.3 is 10.1 Å². The van der Waals surface area contributed by atoms with Gasteiger partial charge in [-0.15, -0.1) is 0 Å². The van der Waals surface area contributed by atoms with Gasteiger partial charge in [-0.05, 0) is 31.0 Å². The van der Waals surface area contributed by atoms with Crippen LogP contribution in [0.1, 0.15) is 38.5 Å². The molecule has 1 aliphatic carbocycles. The lowest BCUT2D eigenvalue weighted by molar-refractivity contribution is 0.181. The zero-order valence-corrected chi connectivity index (χ0v) is 11.8. The number of cyclic esters (lactones) is 1. The lowest BCUT2D eigenvalue weighted by Gasteiger charge is -2.19. The first kappa shape index (κ1) is 13.3. The van der Waals surface area contributed by atoms with E-state index in [1.807, 2.05) is 12.1 Å². The van der Waals surface area contributed by atoms with E-state index in [4.69, 9.17) is 4.74 Å². The van der Waals surface area contributed by atoms with Gasteiger partial charge in [0.15, 0.2) is 0 Å². The van der Waals surface area contributed by atoms with Gasteiger partial charge >= 0.3 is 6.09 Å². The number of rotatable bonds is 3. The molecule has 1 saturated heterocycles. The number of benzene rings is 1. The van der Waals surface area contributed by atoms with Gasteiger partial charge in [-0.25, -0.2) is 4.79 Å². The summed E-state index contributed by atoms with van der Waals surface area (Å²) in [7, 11) is 0. The molecule has 1 aromatic carbocycles. The van der Waals surface area contributed by atoms with E-state index in [9.17, 15) is 4.79 Å². The van der Waals surface area contributed by atoms with Crippen molar-refractivity contribution in [3.8, 4) is 0 Å². The highest BCUT2D eigenvalue weighted by atomic mass is 16.6. The Labute approximate surface area is 120 Å². The van der Waals surface area contributed by atoms with Gasteiger partial charge in [0.2, 0.25) is 0 Å². The van der Waals surface area contributed by atoms with Gasteiger partial charge in [0.05, 0.1) is 6.54 Å². The molecule has 1 aromatic rings. The van der Waals surface area contributed by atoms with Gasteiger partial charge in [0.1, 0.15) is 6.61 Å². The van der Waals surface area contributed by atoms with Crippen molar-refractivity contribution in [3.63, 3.8) is 0 Å². The number of hydrogen-bond donors (Lipinski definition) is 1. The van der Waals surface area contributed by atoms with E-state index in [-0.39, 0.29) is 6.09 Å². The second-order valence-corrected chi connectivity index (χ2v) is 5.65. The Morgan fingerprint density at radius 3 is 2.65 bits per heavy atom. The smallest absolute Gasteiger partial charge is 0.414 e. The lowest BCUT2D eigenvalue weighted by atomic mass is 10.1. The maximum atomic E-state index is 11.6. The van der Waals surface area contributed by atoms with Crippen molar-refractivity contribution in [2.75, 3.05) is 23.4 Å². The van der Waals surface area contributed by atoms with E-state index in [1.54, 1.807) is 4.90 Å². The van der Waals surface area contributed by atoms with Crippen LogP contribution in [0.15, 0.2) is 24.3 Å². The van der Waals surface area contributed by atoms with E-state index < -0.39 is 0 Å². The Morgan fingerprint density at radius 1 is 1.15 bits per heavy atom. The molecule has 0 radical (unpaired) electrons. The summed E-state index contributed by atoms with van der Waals surface area (Å²) in [6.07, 6.45) is 7.60. The number of amides is 1. The molecule has 0 aromatic heterocycles. The summed E-state index contributed by atoms with van der Waals surface area (Å²) in [4.78, 5) is 13.3. The van der Waals surface area contributed by atoms with Gasteiger partial charge in [-0.1, -0.05) is 31.7 Å². The summed E-state index contributed by atoms with van der Waals surface area (Å²) in [6.45, 7) is 1.13. The summed E-state index contributed by atoms with van der Waals surface area (Å²) in [6, 6.07) is 8.66. The maximum Gasteiger partial charge on any atom is 0.414 e. The van der Waals surface area contributed by atoms with Crippen molar-refractivity contribution in [2.24, 2.45) is 0 Å². The normalized spacial score (nSPS) is 20.6. The van der Waals surface area contributed by atoms with E-state index in [2.05, 4.69) is 17.4 Å². The van der Waals surface area contributed by atoms with Crippen LogP contribution in [0.25, 0.3) is 0 Å². The zero-order valence-electron chi connectivity index (χ0n) is 11.8. The average Bonchev–Trinajstić information content (AvgIpc) is 2.72. The van der Waals surface area contributed by atoms with Crippen molar-refractivity contribution >= 4 is 17.5 Å². The predicted octanol–water partition coefficient (Wildman–Crippen LogP) is 3.78. The van der Waals surface area contributed by atoms with Crippen molar-refractivity contribution in [1.82, 2.24) is 0 Å². The van der Waals surface area contributed by atoms with Gasteiger partial charge in [0.25, 0.3) is 0 Å². The van der Waals surface area contributed by atoms with Crippen LogP contribution in [0.5, 0.6) is 0 Å². The lowest BCUT2D eigenvalue weighted by Crippen LogP contribution is -2.23. The summed E-state index contributed by atoms with van der Waals surface area (Å²) >= 11 is 0. The number of ether oxygens (including phenoxy) is 1. The SMILES string of the molecule is O=C1OCCN1c1cccc(NC2CCCCCC2)c1. The molecule has 2 aliphatic rings. The monoisotopic (exact) mass is 274 g/mol. The van der Waals surface area contributed by atoms with E-state index in [0.29, 0.717) is 19.2 Å². The minimum atomic E-state index is -0.239. The third kappa shape index (κ3) is 3.06. The molecule has 3 rings (SSSR count). The molecule has 0 bridgehead atoms. The van der Waals surface area contributed by atoms with Gasteiger partial charge in [0, 0.05) is 17.4 Å². The Hall–Kier alpha value is -1.71. The third-order valence-corrected chi connectivity index (χ3v) is 4.14. The summed E-state index contributed by atoms with van der Waals surface area (Å²) < 4.78 is 4.99. The standard InChI is InChI=1S/C16H22N2O2/c19-16-18(10-11-20-16)15-9-5-8-14(12-15)17-13-6-3-1-2-4-7-13/h5,8-9,12-13,17H,1-4,6-7,10-11H2. The zero-order chi connectivity index (χ0) is 13.8. The number of hydrogen-bond acceptors (Lipinski definition) is 3. The first-order valence-corrected chi connectivity index (χ1v) is 7.64. The second-order valence-electron chi connectivity index (χ2n) is 5.65. The Kier molecular flexibility index (Phi) is 4.09. The second kappa shape index (κ2) is 6.16. The van der Waals surface area contributed by atoms with E-state index >= 15 is 0 Å². The fourth-order valence-corrected chi connectivity index (χ4v) is 3.05. The number of nitrogens with one attached hydrogen (secondary N) is 1. The first-order chi connectivity index (χ1) is 9.83. The van der Waals surface area contributed by atoms with Gasteiger partial charge in [-0.3, -0.25) is 4.90 Å². The molecule has 1 heterocycles. The topological polar surface area (TPSA) is 41.6 Å². The molecule has 0 unspecified atom stereocenters. The van der Waals surface area contributed by atoms with Crippen molar-refractivity contribution in [1.29, 1.82) is 0 Å². The highest BCUT2D eigenvalue weighted by molar-refractivity contribution is 5.89. The Morgan fingerprint density at radius 2 is 1.95 bits per heavy atom. The van der Waals surface area contributed by atoms with Crippen molar-refractivity contribution in [3.05, 3.63) is 24.3 Å². The van der Waals surface area contributed by atoms with Crippen LogP contribution in [-0.4, -0.2) is 25.3 Å². The molecule has 1 N–H and O–H groups in total. The Bertz CT molecular complexity index is 467. The summed E-state index contributed by atoms with van der Waals surface area (Å²) in [5.41, 5.74) is 2.03. The third-order valence-electron chi connectivity index (χ3n) is 4.14. The largest absolute Gasteiger partial charge is 0.447 e. The number of anilines is 2. The number of nitrogens with zero attached hydrogens (tertiary/aromatic N) is 1. The molecular formula is C16H22N2O2. The highest BCUT2D eigenvalue weighted by Crippen LogP contribution is 2.25. The minimum absolute atomic E-state index is 0.239. The van der Waals surface area contributed by atoms with Crippen LogP contribution in [0.2, 0.25) is 0 Å². The molecule has 0 spiro atoms. The molecule has 4 nitrogen and oxygen atoms in total. The molecule has 1 aliphatic heterocycles. The van der Waals surface area contributed by atoms with Crippen molar-refractivity contribution < 1.29 is 9.53 Å². The average molecular weight is 274 g/mol. The van der Waals surface area contributed by atoms with Crippen LogP contribution in [0, 0.1) is 0 Å². The molecular weight excluding hydrogens is 252 g/mol. The first-order valence-electron chi connectivity index (χ1n) is 7.64. The molecule has 20 heavy (non-hydrogen) atoms. The molecule has 108 valence electrons. The fraction of sp³-hybridized carbons (Fsp3) is 0.562. The van der Waals surface area contributed by atoms with Crippen LogP contribution >= 0.6 is 0 Å². The van der Waals surface area contributed by atoms with Crippen LogP contribution in [-0.2, 0) is 4.74 Å². The minimum Gasteiger partial charge on any atom is -0.447 e. The fourth-order valence-electron chi connectivity index (χ4n) is 3.05. The quantitative estimate of drug-likeness (QED) is 0.853.